The molecular formula is C45H55Cl2N11O6S2. The highest BCUT2D eigenvalue weighted by atomic mass is 35.5. The Morgan fingerprint density at radius 3 is 1.42 bits per heavy atom. The molecule has 2 unspecified atom stereocenters. The van der Waals surface area contributed by atoms with Gasteiger partial charge in [0.1, 0.15) is 21.9 Å². The molecule has 66 heavy (non-hydrogen) atoms. The zero-order valence-corrected chi connectivity index (χ0v) is 40.5. The molecule has 4 fully saturated rings. The molecule has 6 atom stereocenters. The highest BCUT2D eigenvalue weighted by Gasteiger charge is 2.42. The third-order valence-corrected chi connectivity index (χ3v) is 16.6. The van der Waals surface area contributed by atoms with E-state index in [-0.39, 0.29) is 18.0 Å². The lowest BCUT2D eigenvalue weighted by molar-refractivity contribution is -0.142. The highest BCUT2D eigenvalue weighted by Crippen LogP contribution is 2.39. The normalized spacial score (nSPS) is 24.8. The van der Waals surface area contributed by atoms with Crippen molar-refractivity contribution in [3.05, 3.63) is 70.0 Å². The van der Waals surface area contributed by atoms with Gasteiger partial charge in [-0.05, 0) is 67.3 Å². The van der Waals surface area contributed by atoms with E-state index >= 15 is 0 Å². The van der Waals surface area contributed by atoms with E-state index in [1.54, 1.807) is 0 Å². The van der Waals surface area contributed by atoms with E-state index in [4.69, 9.17) is 58.3 Å². The van der Waals surface area contributed by atoms with Gasteiger partial charge in [0, 0.05) is 117 Å². The Balaban J connectivity index is 0.000000166. The molecule has 17 nitrogen and oxygen atoms in total. The van der Waals surface area contributed by atoms with E-state index in [1.165, 1.54) is 14.2 Å². The van der Waals surface area contributed by atoms with E-state index in [0.717, 1.165) is 85.2 Å². The minimum atomic E-state index is -1.19. The fourth-order valence-corrected chi connectivity index (χ4v) is 12.7. The molecule has 8 heterocycles. The summed E-state index contributed by atoms with van der Waals surface area (Å²) in [6.07, 6.45) is 2.49. The van der Waals surface area contributed by atoms with E-state index in [0.29, 0.717) is 89.5 Å². The van der Waals surface area contributed by atoms with Gasteiger partial charge in [-0.2, -0.15) is 9.97 Å². The molecule has 352 valence electrons. The standard InChI is InChI=1S/C23H28ClN5O3S.C22H27ClN6O3S/c1-15-13-19(22(30)32-2)29(14-15)21-20-18(7-12-33(20)31)25-23(26-21)28-10-8-27(9-11-28)17-5-3-16(24)4-6-17;1-32-21(30)18-12-15(24)13-29(18)20-19-17(6-11-33(19)31)25-22(26-20)28-9-7-27(8-10-28)16-4-2-14(23)3-5-16/h3-6,15,19H,7-14H2,1-2H3;2-5,15,18H,6-13,24H2,1H3/t15-,19+,33?;15-,18+,33?/m11/s1. The average molecular weight is 981 g/mol. The summed E-state index contributed by atoms with van der Waals surface area (Å²) in [5.74, 6) is 3.25. The number of fused-ring (bicyclic) bond motifs is 2. The molecule has 0 radical (unpaired) electrons. The third-order valence-electron chi connectivity index (χ3n) is 13.2. The topological polar surface area (TPSA) is 184 Å². The molecule has 4 aromatic rings. The molecule has 0 amide bonds. The van der Waals surface area contributed by atoms with Crippen LogP contribution in [0.5, 0.6) is 0 Å². The lowest BCUT2D eigenvalue weighted by Gasteiger charge is -2.36. The van der Waals surface area contributed by atoms with Gasteiger partial charge in [0.25, 0.3) is 0 Å². The zero-order chi connectivity index (χ0) is 46.2. The number of hydrogen-bond acceptors (Lipinski definition) is 17. The summed E-state index contributed by atoms with van der Waals surface area (Å²) in [5, 5.41) is 1.45. The molecule has 2 aromatic carbocycles. The number of anilines is 6. The maximum Gasteiger partial charge on any atom is 0.328 e. The van der Waals surface area contributed by atoms with Crippen LogP contribution < -0.4 is 35.1 Å². The van der Waals surface area contributed by atoms with Gasteiger partial charge in [0.05, 0.1) is 47.2 Å². The molecule has 6 aliphatic heterocycles. The van der Waals surface area contributed by atoms with Gasteiger partial charge in [-0.3, -0.25) is 8.42 Å². The number of rotatable bonds is 8. The Labute approximate surface area is 399 Å². The number of halogens is 2. The number of carbonyl (C=O) groups excluding carboxylic acids is 2. The molecule has 2 N–H and O–H groups in total. The SMILES string of the molecule is COC(=O)[C@@H]1C[C@@H](C)CN1c1nc(N2CCN(c3ccc(Cl)cc3)CC2)nc2c1S(=O)CC2.COC(=O)[C@@H]1C[C@@H](N)CN1c1nc(N2CCN(c3ccc(Cl)cc3)CC2)nc2c1S(=O)CC2. The molecular weight excluding hydrogens is 926 g/mol. The lowest BCUT2D eigenvalue weighted by Crippen LogP contribution is -2.47. The van der Waals surface area contributed by atoms with Crippen LogP contribution >= 0.6 is 23.2 Å². The number of aromatic nitrogens is 4. The Bertz CT molecular complexity index is 2320. The molecule has 0 saturated carbocycles. The van der Waals surface area contributed by atoms with Crippen molar-refractivity contribution in [2.75, 3.05) is 121 Å². The first-order valence-corrected chi connectivity index (χ1v) is 25.8. The first kappa shape index (κ1) is 46.3. The predicted molar refractivity (Wildman–Crippen MR) is 258 cm³/mol. The number of ether oxygens (including phenoxy) is 2. The fraction of sp³-hybridized carbons (Fsp3) is 0.511. The van der Waals surface area contributed by atoms with Crippen LogP contribution in [0.25, 0.3) is 0 Å². The van der Waals surface area contributed by atoms with Crippen molar-refractivity contribution in [1.82, 2.24) is 19.9 Å². The molecule has 0 bridgehead atoms. The summed E-state index contributed by atoms with van der Waals surface area (Å²) in [6, 6.07) is 14.6. The van der Waals surface area contributed by atoms with E-state index in [9.17, 15) is 18.0 Å². The summed E-state index contributed by atoms with van der Waals surface area (Å²) < 4.78 is 35.7. The Morgan fingerprint density at radius 2 is 1.00 bits per heavy atom. The second-order valence-corrected chi connectivity index (χ2v) is 21.4. The summed E-state index contributed by atoms with van der Waals surface area (Å²) in [6.45, 7) is 9.66. The van der Waals surface area contributed by atoms with Crippen molar-refractivity contribution >= 4 is 91.6 Å². The molecule has 2 aromatic heterocycles. The van der Waals surface area contributed by atoms with Gasteiger partial charge in [0.2, 0.25) is 11.9 Å². The average Bonchev–Trinajstić information content (AvgIpc) is 4.13. The van der Waals surface area contributed by atoms with E-state index in [2.05, 4.69) is 26.5 Å². The monoisotopic (exact) mass is 979 g/mol. The van der Waals surface area contributed by atoms with Crippen LogP contribution in [0.2, 0.25) is 10.0 Å². The molecule has 4 saturated heterocycles. The van der Waals surface area contributed by atoms with Gasteiger partial charge in [0.15, 0.2) is 11.6 Å². The number of nitrogens with two attached hydrogens (primary N) is 1. The summed E-state index contributed by atoms with van der Waals surface area (Å²) >= 11 is 12.1. The van der Waals surface area contributed by atoms with Gasteiger partial charge >= 0.3 is 11.9 Å². The molecule has 21 heteroatoms. The molecule has 0 spiro atoms. The van der Waals surface area contributed by atoms with E-state index in [1.807, 2.05) is 58.3 Å². The number of piperazine rings is 2. The minimum Gasteiger partial charge on any atom is -0.467 e. The summed E-state index contributed by atoms with van der Waals surface area (Å²) in [5.41, 5.74) is 10.1. The minimum absolute atomic E-state index is 0.180. The highest BCUT2D eigenvalue weighted by molar-refractivity contribution is 7.85. The number of nitrogens with zero attached hydrogens (tertiary/aromatic N) is 10. The van der Waals surface area contributed by atoms with Crippen LogP contribution in [0.4, 0.5) is 34.9 Å². The predicted octanol–water partition coefficient (Wildman–Crippen LogP) is 3.71. The Morgan fingerprint density at radius 1 is 0.606 bits per heavy atom. The maximum atomic E-state index is 12.8. The fourth-order valence-electron chi connectivity index (χ4n) is 9.74. The quantitative estimate of drug-likeness (QED) is 0.252. The first-order valence-electron chi connectivity index (χ1n) is 22.4. The molecule has 0 aliphatic carbocycles. The van der Waals surface area contributed by atoms with E-state index < -0.39 is 33.7 Å². The summed E-state index contributed by atoms with van der Waals surface area (Å²) in [4.78, 5) is 58.5. The first-order chi connectivity index (χ1) is 31.9. The molecule has 6 aliphatic rings. The van der Waals surface area contributed by atoms with Gasteiger partial charge < -0.3 is 44.6 Å². The van der Waals surface area contributed by atoms with Crippen LogP contribution in [0.15, 0.2) is 58.3 Å². The van der Waals surface area contributed by atoms with Gasteiger partial charge in [-0.15, -0.1) is 0 Å². The second-order valence-electron chi connectivity index (χ2n) is 17.5. The van der Waals surface area contributed by atoms with Crippen LogP contribution in [0.1, 0.15) is 31.2 Å². The van der Waals surface area contributed by atoms with Crippen molar-refractivity contribution in [3.8, 4) is 0 Å². The van der Waals surface area contributed by atoms with Crippen LogP contribution in [-0.2, 0) is 53.5 Å². The number of methoxy groups -OCH3 is 2. The number of aryl methyl sites for hydroxylation is 2. The Kier molecular flexibility index (Phi) is 13.9. The Hall–Kier alpha value is -4.82. The van der Waals surface area contributed by atoms with Crippen LogP contribution in [0, 0.1) is 5.92 Å². The zero-order valence-electron chi connectivity index (χ0n) is 37.3. The lowest BCUT2D eigenvalue weighted by atomic mass is 10.1. The number of esters is 2. The maximum absolute atomic E-state index is 12.8. The molecule has 10 rings (SSSR count). The summed E-state index contributed by atoms with van der Waals surface area (Å²) in [7, 11) is 0.449. The third kappa shape index (κ3) is 9.50. The van der Waals surface area contributed by atoms with Crippen molar-refractivity contribution in [1.29, 1.82) is 0 Å². The smallest absolute Gasteiger partial charge is 0.328 e. The number of carbonyl (C=O) groups is 2. The van der Waals surface area contributed by atoms with Crippen molar-refractivity contribution in [3.63, 3.8) is 0 Å². The van der Waals surface area contributed by atoms with Gasteiger partial charge in [-0.25, -0.2) is 19.6 Å². The van der Waals surface area contributed by atoms with Crippen molar-refractivity contribution in [2.24, 2.45) is 11.7 Å². The number of benzene rings is 2. The van der Waals surface area contributed by atoms with Crippen molar-refractivity contribution in [2.45, 2.75) is 60.5 Å². The van der Waals surface area contributed by atoms with Gasteiger partial charge in [-0.1, -0.05) is 30.1 Å². The van der Waals surface area contributed by atoms with Crippen molar-refractivity contribution < 1.29 is 27.5 Å². The largest absolute Gasteiger partial charge is 0.467 e. The second kappa shape index (κ2) is 19.8. The van der Waals surface area contributed by atoms with Crippen LogP contribution in [-0.4, -0.2) is 150 Å². The number of hydrogen-bond donors (Lipinski definition) is 1. The van der Waals surface area contributed by atoms with Crippen LogP contribution in [0.3, 0.4) is 0 Å².